The third-order valence-corrected chi connectivity index (χ3v) is 3.78. The number of carbonyl (C=O) groups excluding carboxylic acids is 2. The van der Waals surface area contributed by atoms with Crippen LogP contribution in [-0.2, 0) is 4.79 Å². The summed E-state index contributed by atoms with van der Waals surface area (Å²) in [6.45, 7) is 4.93. The van der Waals surface area contributed by atoms with Crippen molar-refractivity contribution in [1.82, 2.24) is 10.2 Å². The Kier molecular flexibility index (Phi) is 5.01. The van der Waals surface area contributed by atoms with Gasteiger partial charge in [0.05, 0.1) is 11.8 Å². The maximum Gasteiger partial charge on any atom is 0.255 e. The predicted molar refractivity (Wildman–Crippen MR) is 78.8 cm³/mol. The summed E-state index contributed by atoms with van der Waals surface area (Å²) in [5.74, 6) is 0.610. The number of likely N-dealkylation sites (tertiary alicyclic amines) is 1. The van der Waals surface area contributed by atoms with E-state index in [4.69, 9.17) is 10.2 Å². The number of amides is 2. The number of rotatable bonds is 4. The quantitative estimate of drug-likeness (QED) is 0.868. The Labute approximate surface area is 124 Å². The van der Waals surface area contributed by atoms with E-state index in [9.17, 15) is 9.59 Å². The molecule has 0 bridgehead atoms. The largest absolute Gasteiger partial charge is 0.469 e. The lowest BCUT2D eigenvalue weighted by Gasteiger charge is -2.32. The van der Waals surface area contributed by atoms with E-state index in [1.807, 2.05) is 11.8 Å². The minimum absolute atomic E-state index is 0.0976. The van der Waals surface area contributed by atoms with E-state index >= 15 is 0 Å². The highest BCUT2D eigenvalue weighted by atomic mass is 16.3. The van der Waals surface area contributed by atoms with Crippen LogP contribution >= 0.6 is 0 Å². The molecule has 0 spiro atoms. The van der Waals surface area contributed by atoms with Crippen LogP contribution in [0.2, 0.25) is 0 Å². The number of nitrogens with two attached hydrogens (primary N) is 1. The van der Waals surface area contributed by atoms with E-state index in [1.165, 1.54) is 6.26 Å². The van der Waals surface area contributed by atoms with Crippen molar-refractivity contribution in [1.29, 1.82) is 0 Å². The minimum Gasteiger partial charge on any atom is -0.469 e. The number of furan rings is 1. The number of carbonyl (C=O) groups is 2. The SMILES string of the molecule is Cc1occc1C(=O)NC1CCN(C(=O)CC(C)N)CC1. The highest BCUT2D eigenvalue weighted by Crippen LogP contribution is 2.14. The normalized spacial score (nSPS) is 17.6. The van der Waals surface area contributed by atoms with Crippen LogP contribution in [0.25, 0.3) is 0 Å². The molecule has 2 amide bonds. The average Bonchev–Trinajstić information content (AvgIpc) is 2.85. The highest BCUT2D eigenvalue weighted by molar-refractivity contribution is 5.95. The summed E-state index contributed by atoms with van der Waals surface area (Å²) in [5.41, 5.74) is 6.22. The number of aryl methyl sites for hydroxylation is 1. The van der Waals surface area contributed by atoms with Crippen molar-refractivity contribution in [2.24, 2.45) is 5.73 Å². The van der Waals surface area contributed by atoms with Crippen molar-refractivity contribution in [2.45, 2.75) is 45.2 Å². The van der Waals surface area contributed by atoms with Gasteiger partial charge in [-0.1, -0.05) is 0 Å². The Morgan fingerprint density at radius 3 is 2.67 bits per heavy atom. The number of nitrogens with zero attached hydrogens (tertiary/aromatic N) is 1. The number of nitrogens with one attached hydrogen (secondary N) is 1. The van der Waals surface area contributed by atoms with Gasteiger partial charge < -0.3 is 20.4 Å². The molecule has 1 aromatic heterocycles. The summed E-state index contributed by atoms with van der Waals surface area (Å²) in [5, 5.41) is 3.00. The molecule has 6 nitrogen and oxygen atoms in total. The van der Waals surface area contributed by atoms with Crippen LogP contribution < -0.4 is 11.1 Å². The Morgan fingerprint density at radius 1 is 1.48 bits per heavy atom. The van der Waals surface area contributed by atoms with Gasteiger partial charge in [0, 0.05) is 31.6 Å². The lowest BCUT2D eigenvalue weighted by Crippen LogP contribution is -2.47. The Morgan fingerprint density at radius 2 is 2.14 bits per heavy atom. The van der Waals surface area contributed by atoms with Crippen LogP contribution in [0.15, 0.2) is 16.7 Å². The van der Waals surface area contributed by atoms with E-state index < -0.39 is 0 Å². The van der Waals surface area contributed by atoms with Gasteiger partial charge in [0.2, 0.25) is 5.91 Å². The molecule has 1 fully saturated rings. The number of piperidine rings is 1. The molecule has 0 radical (unpaired) electrons. The molecule has 1 saturated heterocycles. The average molecular weight is 293 g/mol. The van der Waals surface area contributed by atoms with Gasteiger partial charge in [-0.25, -0.2) is 0 Å². The van der Waals surface area contributed by atoms with Crippen molar-refractivity contribution in [3.8, 4) is 0 Å². The topological polar surface area (TPSA) is 88.6 Å². The first kappa shape index (κ1) is 15.6. The van der Waals surface area contributed by atoms with Crippen LogP contribution in [0.1, 0.15) is 42.3 Å². The fourth-order valence-corrected chi connectivity index (χ4v) is 2.56. The molecule has 1 aliphatic rings. The first-order chi connectivity index (χ1) is 9.97. The second-order valence-corrected chi connectivity index (χ2v) is 5.70. The molecule has 1 aromatic rings. The van der Waals surface area contributed by atoms with Crippen LogP contribution in [-0.4, -0.2) is 41.9 Å². The lowest BCUT2D eigenvalue weighted by molar-refractivity contribution is -0.132. The first-order valence-corrected chi connectivity index (χ1v) is 7.35. The minimum atomic E-state index is -0.112. The molecule has 1 unspecified atom stereocenters. The molecular weight excluding hydrogens is 270 g/mol. The third kappa shape index (κ3) is 4.07. The van der Waals surface area contributed by atoms with Crippen molar-refractivity contribution in [3.63, 3.8) is 0 Å². The molecule has 3 N–H and O–H groups in total. The second-order valence-electron chi connectivity index (χ2n) is 5.70. The molecule has 1 atom stereocenters. The van der Waals surface area contributed by atoms with Crippen LogP contribution in [0.5, 0.6) is 0 Å². The molecule has 1 aliphatic heterocycles. The standard InChI is InChI=1S/C15H23N3O3/c1-10(16)9-14(19)18-6-3-12(4-7-18)17-15(20)13-5-8-21-11(13)2/h5,8,10,12H,3-4,6-7,9,16H2,1-2H3,(H,17,20). The molecule has 21 heavy (non-hydrogen) atoms. The summed E-state index contributed by atoms with van der Waals surface area (Å²) < 4.78 is 5.13. The summed E-state index contributed by atoms with van der Waals surface area (Å²) in [6, 6.07) is 1.66. The zero-order valence-corrected chi connectivity index (χ0v) is 12.6. The molecule has 2 heterocycles. The molecule has 6 heteroatoms. The van der Waals surface area contributed by atoms with E-state index in [0.29, 0.717) is 30.8 Å². The number of hydrogen-bond donors (Lipinski definition) is 2. The Bertz CT molecular complexity index is 502. The van der Waals surface area contributed by atoms with Gasteiger partial charge in [0.25, 0.3) is 5.91 Å². The van der Waals surface area contributed by atoms with Crippen molar-refractivity contribution in [3.05, 3.63) is 23.7 Å². The van der Waals surface area contributed by atoms with Crippen LogP contribution in [0.4, 0.5) is 0 Å². The highest BCUT2D eigenvalue weighted by Gasteiger charge is 2.25. The Balaban J connectivity index is 1.80. The molecule has 0 aromatic carbocycles. The van der Waals surface area contributed by atoms with E-state index in [0.717, 1.165) is 12.8 Å². The molecule has 116 valence electrons. The van der Waals surface area contributed by atoms with Crippen LogP contribution in [0, 0.1) is 6.92 Å². The zero-order chi connectivity index (χ0) is 15.4. The number of hydrogen-bond acceptors (Lipinski definition) is 4. The fourth-order valence-electron chi connectivity index (χ4n) is 2.56. The first-order valence-electron chi connectivity index (χ1n) is 7.35. The van der Waals surface area contributed by atoms with E-state index in [1.54, 1.807) is 13.0 Å². The predicted octanol–water partition coefficient (Wildman–Crippen LogP) is 1.05. The zero-order valence-electron chi connectivity index (χ0n) is 12.6. The van der Waals surface area contributed by atoms with E-state index in [2.05, 4.69) is 5.32 Å². The smallest absolute Gasteiger partial charge is 0.255 e. The lowest BCUT2D eigenvalue weighted by atomic mass is 10.0. The summed E-state index contributed by atoms with van der Waals surface area (Å²) >= 11 is 0. The van der Waals surface area contributed by atoms with Gasteiger partial charge in [-0.2, -0.15) is 0 Å². The molecule has 0 aliphatic carbocycles. The van der Waals surface area contributed by atoms with Gasteiger partial charge in [-0.15, -0.1) is 0 Å². The summed E-state index contributed by atoms with van der Waals surface area (Å²) in [6.07, 6.45) is 3.44. The monoisotopic (exact) mass is 293 g/mol. The third-order valence-electron chi connectivity index (χ3n) is 3.78. The van der Waals surface area contributed by atoms with Gasteiger partial charge >= 0.3 is 0 Å². The maximum absolute atomic E-state index is 12.1. The van der Waals surface area contributed by atoms with Crippen molar-refractivity contribution < 1.29 is 14.0 Å². The van der Waals surface area contributed by atoms with Crippen molar-refractivity contribution >= 4 is 11.8 Å². The summed E-state index contributed by atoms with van der Waals surface area (Å²) in [7, 11) is 0. The molecule has 0 saturated carbocycles. The Hall–Kier alpha value is -1.82. The fraction of sp³-hybridized carbons (Fsp3) is 0.600. The second kappa shape index (κ2) is 6.76. The van der Waals surface area contributed by atoms with Gasteiger partial charge in [-0.3, -0.25) is 9.59 Å². The van der Waals surface area contributed by atoms with Crippen LogP contribution in [0.3, 0.4) is 0 Å². The van der Waals surface area contributed by atoms with Gasteiger partial charge in [0.15, 0.2) is 0 Å². The molecular formula is C15H23N3O3. The van der Waals surface area contributed by atoms with Gasteiger partial charge in [0.1, 0.15) is 5.76 Å². The van der Waals surface area contributed by atoms with Crippen molar-refractivity contribution in [2.75, 3.05) is 13.1 Å². The van der Waals surface area contributed by atoms with Gasteiger partial charge in [-0.05, 0) is 32.8 Å². The summed E-state index contributed by atoms with van der Waals surface area (Å²) in [4.78, 5) is 25.8. The maximum atomic E-state index is 12.1. The molecule has 2 rings (SSSR count). The van der Waals surface area contributed by atoms with E-state index in [-0.39, 0.29) is 23.9 Å².